The minimum atomic E-state index is -0.0828. The van der Waals surface area contributed by atoms with Crippen molar-refractivity contribution in [2.75, 3.05) is 21.1 Å². The van der Waals surface area contributed by atoms with E-state index >= 15 is 0 Å². The fourth-order valence-electron chi connectivity index (χ4n) is 4.38. The number of fused-ring (bicyclic) bond motifs is 3. The highest BCUT2D eigenvalue weighted by molar-refractivity contribution is 6.29. The summed E-state index contributed by atoms with van der Waals surface area (Å²) in [6.45, 7) is 4.48. The third-order valence-electron chi connectivity index (χ3n) is 5.58. The van der Waals surface area contributed by atoms with Crippen LogP contribution in [0.2, 0.25) is 0 Å². The number of aliphatic imine (C=N–C) groups is 1. The second-order valence-electron chi connectivity index (χ2n) is 8.63. The van der Waals surface area contributed by atoms with Gasteiger partial charge in [0.1, 0.15) is 0 Å². The third-order valence-corrected chi connectivity index (χ3v) is 5.58. The molecule has 0 saturated carbocycles. The van der Waals surface area contributed by atoms with Crippen LogP contribution in [0.25, 0.3) is 0 Å². The molecular formula is C23H27N3O. The summed E-state index contributed by atoms with van der Waals surface area (Å²) in [5.41, 5.74) is 5.98. The molecule has 0 aromatic heterocycles. The lowest BCUT2D eigenvalue weighted by atomic mass is 9.77. The van der Waals surface area contributed by atoms with Crippen molar-refractivity contribution in [3.63, 3.8) is 0 Å². The first-order valence-corrected chi connectivity index (χ1v) is 9.50. The van der Waals surface area contributed by atoms with Gasteiger partial charge in [0.25, 0.3) is 0 Å². The lowest BCUT2D eigenvalue weighted by molar-refractivity contribution is 0.102. The van der Waals surface area contributed by atoms with Gasteiger partial charge in [0.05, 0.1) is 11.4 Å². The van der Waals surface area contributed by atoms with E-state index in [1.807, 2.05) is 45.4 Å². The molecule has 1 aliphatic heterocycles. The summed E-state index contributed by atoms with van der Waals surface area (Å²) in [4.78, 5) is 22.6. The lowest BCUT2D eigenvalue weighted by Gasteiger charge is -2.31. The number of likely N-dealkylation sites (N-methyl/N-ethyl adjacent to an activating group) is 1. The SMILES string of the molecule is CN(C)C1N=C2C(=C(CC3=CC=CC(C)(C)C3)C(=O)c3ccccc32)N1C. The third kappa shape index (κ3) is 2.98. The molecule has 1 aromatic rings. The number of allylic oxidation sites excluding steroid dienone is 6. The molecule has 4 rings (SSSR count). The molecule has 140 valence electrons. The number of benzene rings is 1. The summed E-state index contributed by atoms with van der Waals surface area (Å²) in [5, 5.41) is 0. The molecule has 1 heterocycles. The van der Waals surface area contributed by atoms with E-state index in [1.165, 1.54) is 5.57 Å². The molecule has 4 heteroatoms. The quantitative estimate of drug-likeness (QED) is 0.816. The van der Waals surface area contributed by atoms with E-state index in [1.54, 1.807) is 0 Å². The van der Waals surface area contributed by atoms with E-state index in [9.17, 15) is 4.79 Å². The van der Waals surface area contributed by atoms with Crippen LogP contribution < -0.4 is 0 Å². The average Bonchev–Trinajstić information content (AvgIpc) is 2.96. The zero-order chi connectivity index (χ0) is 19.3. The van der Waals surface area contributed by atoms with Gasteiger partial charge in [0.15, 0.2) is 12.1 Å². The lowest BCUT2D eigenvalue weighted by Crippen LogP contribution is -2.38. The van der Waals surface area contributed by atoms with Crippen LogP contribution in [-0.2, 0) is 0 Å². The molecule has 4 nitrogen and oxygen atoms in total. The molecule has 0 spiro atoms. The Bertz CT molecular complexity index is 931. The predicted molar refractivity (Wildman–Crippen MR) is 110 cm³/mol. The predicted octanol–water partition coefficient (Wildman–Crippen LogP) is 4.02. The van der Waals surface area contributed by atoms with Gasteiger partial charge in [-0.25, -0.2) is 4.99 Å². The molecule has 1 unspecified atom stereocenters. The fourth-order valence-corrected chi connectivity index (χ4v) is 4.38. The number of nitrogens with zero attached hydrogens (tertiary/aromatic N) is 3. The number of hydrogen-bond acceptors (Lipinski definition) is 4. The van der Waals surface area contributed by atoms with Crippen molar-refractivity contribution in [2.45, 2.75) is 33.0 Å². The number of hydrogen-bond donors (Lipinski definition) is 0. The Hall–Kier alpha value is -2.46. The molecule has 1 aromatic carbocycles. The number of carbonyl (C=O) groups is 1. The maximum Gasteiger partial charge on any atom is 0.192 e. The van der Waals surface area contributed by atoms with Gasteiger partial charge in [-0.2, -0.15) is 0 Å². The monoisotopic (exact) mass is 361 g/mol. The summed E-state index contributed by atoms with van der Waals surface area (Å²) < 4.78 is 0. The van der Waals surface area contributed by atoms with Gasteiger partial charge in [0.2, 0.25) is 0 Å². The Morgan fingerprint density at radius 2 is 1.93 bits per heavy atom. The normalized spacial score (nSPS) is 23.4. The molecule has 2 aliphatic carbocycles. The largest absolute Gasteiger partial charge is 0.338 e. The Morgan fingerprint density at radius 1 is 1.22 bits per heavy atom. The van der Waals surface area contributed by atoms with Crippen molar-refractivity contribution in [1.82, 2.24) is 9.80 Å². The molecule has 1 atom stereocenters. The van der Waals surface area contributed by atoms with Crippen LogP contribution in [0.15, 0.2) is 64.3 Å². The molecule has 0 amide bonds. The Kier molecular flexibility index (Phi) is 4.19. The molecule has 27 heavy (non-hydrogen) atoms. The van der Waals surface area contributed by atoms with Gasteiger partial charge >= 0.3 is 0 Å². The fraction of sp³-hybridized carbons (Fsp3) is 0.391. The van der Waals surface area contributed by atoms with Crippen molar-refractivity contribution in [2.24, 2.45) is 10.4 Å². The van der Waals surface area contributed by atoms with Gasteiger partial charge in [-0.05, 0) is 32.4 Å². The first-order valence-electron chi connectivity index (χ1n) is 9.50. The van der Waals surface area contributed by atoms with Gasteiger partial charge in [0, 0.05) is 23.7 Å². The first kappa shape index (κ1) is 17.9. The van der Waals surface area contributed by atoms with E-state index in [0.717, 1.165) is 34.5 Å². The number of ketones is 1. The smallest absolute Gasteiger partial charge is 0.192 e. The second kappa shape index (κ2) is 6.31. The van der Waals surface area contributed by atoms with E-state index < -0.39 is 0 Å². The van der Waals surface area contributed by atoms with Gasteiger partial charge in [-0.15, -0.1) is 0 Å². The molecule has 0 saturated heterocycles. The van der Waals surface area contributed by atoms with Crippen LogP contribution in [0.5, 0.6) is 0 Å². The van der Waals surface area contributed by atoms with Crippen LogP contribution in [0.4, 0.5) is 0 Å². The van der Waals surface area contributed by atoms with Crippen LogP contribution >= 0.6 is 0 Å². The molecule has 0 N–H and O–H groups in total. The van der Waals surface area contributed by atoms with E-state index in [2.05, 4.69) is 41.9 Å². The van der Waals surface area contributed by atoms with E-state index in [4.69, 9.17) is 4.99 Å². The van der Waals surface area contributed by atoms with Crippen molar-refractivity contribution >= 4 is 11.5 Å². The summed E-state index contributed by atoms with van der Waals surface area (Å²) in [6.07, 6.45) is 8.11. The van der Waals surface area contributed by atoms with Gasteiger partial charge < -0.3 is 4.90 Å². The van der Waals surface area contributed by atoms with Crippen LogP contribution in [0.1, 0.15) is 42.6 Å². The van der Waals surface area contributed by atoms with Crippen molar-refractivity contribution in [1.29, 1.82) is 0 Å². The Labute approximate surface area is 161 Å². The van der Waals surface area contributed by atoms with Crippen molar-refractivity contribution < 1.29 is 4.79 Å². The van der Waals surface area contributed by atoms with E-state index in [-0.39, 0.29) is 17.5 Å². The Morgan fingerprint density at radius 3 is 2.59 bits per heavy atom. The maximum atomic E-state index is 13.4. The molecular weight excluding hydrogens is 334 g/mol. The maximum absolute atomic E-state index is 13.4. The highest BCUT2D eigenvalue weighted by Crippen LogP contribution is 2.39. The minimum Gasteiger partial charge on any atom is -0.338 e. The van der Waals surface area contributed by atoms with Gasteiger partial charge in [-0.1, -0.05) is 61.9 Å². The standard InChI is InChI=1S/C23H27N3O/c1-23(2)12-8-9-15(14-23)13-18-20-19(24-22(25(3)4)26(20)5)16-10-6-7-11-17(16)21(18)27/h6-12,22H,13-14H2,1-5H3. The molecule has 0 bridgehead atoms. The first-order chi connectivity index (χ1) is 12.8. The molecule has 3 aliphatic rings. The second-order valence-corrected chi connectivity index (χ2v) is 8.63. The molecule has 0 radical (unpaired) electrons. The number of Topliss-reactive ketones (excluding diaryl/α,β-unsaturated/α-hetero) is 1. The highest BCUT2D eigenvalue weighted by atomic mass is 16.1. The Balaban J connectivity index is 1.82. The van der Waals surface area contributed by atoms with Crippen LogP contribution in [0.3, 0.4) is 0 Å². The topological polar surface area (TPSA) is 35.9 Å². The van der Waals surface area contributed by atoms with E-state index in [0.29, 0.717) is 6.42 Å². The zero-order valence-electron chi connectivity index (χ0n) is 16.8. The van der Waals surface area contributed by atoms with Crippen molar-refractivity contribution in [3.05, 3.63) is 70.5 Å². The molecule has 0 fully saturated rings. The summed E-state index contributed by atoms with van der Waals surface area (Å²) in [6, 6.07) is 7.87. The van der Waals surface area contributed by atoms with Crippen molar-refractivity contribution in [3.8, 4) is 0 Å². The average molecular weight is 361 g/mol. The van der Waals surface area contributed by atoms with Crippen LogP contribution in [-0.4, -0.2) is 48.7 Å². The highest BCUT2D eigenvalue weighted by Gasteiger charge is 2.39. The summed E-state index contributed by atoms with van der Waals surface area (Å²) >= 11 is 0. The van der Waals surface area contributed by atoms with Gasteiger partial charge in [-0.3, -0.25) is 9.69 Å². The summed E-state index contributed by atoms with van der Waals surface area (Å²) in [5.74, 6) is 0.138. The number of carbonyl (C=O) groups excluding carboxylic acids is 1. The number of rotatable bonds is 3. The summed E-state index contributed by atoms with van der Waals surface area (Å²) in [7, 11) is 6.08. The zero-order valence-corrected chi connectivity index (χ0v) is 16.8. The minimum absolute atomic E-state index is 0.0828. The van der Waals surface area contributed by atoms with Crippen LogP contribution in [0, 0.1) is 5.41 Å².